The molecule has 0 saturated carbocycles. The second-order valence-electron chi connectivity index (χ2n) is 2.87. The maximum atomic E-state index is 11.8. The maximum absolute atomic E-state index is 11.8. The van der Waals surface area contributed by atoms with Crippen LogP contribution in [0, 0.1) is 0 Å². The highest BCUT2D eigenvalue weighted by Crippen LogP contribution is 2.25. The Hall–Kier alpha value is -0.700. The highest BCUT2D eigenvalue weighted by Gasteiger charge is 2.16. The minimum absolute atomic E-state index is 0.119. The maximum Gasteiger partial charge on any atom is 0.250 e. The van der Waals surface area contributed by atoms with Crippen LogP contribution in [0.4, 0.5) is 0 Å². The van der Waals surface area contributed by atoms with E-state index in [1.807, 2.05) is 0 Å². The number of nitrogens with one attached hydrogen (secondary N) is 1. The summed E-state index contributed by atoms with van der Waals surface area (Å²) >= 11 is 4.37. The van der Waals surface area contributed by atoms with Gasteiger partial charge in [0.2, 0.25) is 10.0 Å². The van der Waals surface area contributed by atoms with Crippen molar-refractivity contribution in [1.29, 1.82) is 0 Å². The van der Waals surface area contributed by atoms with Crippen molar-refractivity contribution >= 4 is 37.3 Å². The molecule has 8 heteroatoms. The van der Waals surface area contributed by atoms with Gasteiger partial charge in [-0.25, -0.2) is 13.1 Å². The van der Waals surface area contributed by atoms with E-state index in [0.29, 0.717) is 5.69 Å². The molecule has 0 atom stereocenters. The second kappa shape index (κ2) is 4.66. The molecular weight excluding hydrogens is 316 g/mol. The summed E-state index contributed by atoms with van der Waals surface area (Å²) in [5, 5.41) is 3.61. The van der Waals surface area contributed by atoms with Crippen molar-refractivity contribution in [2.45, 2.75) is 10.8 Å². The van der Waals surface area contributed by atoms with Crippen molar-refractivity contribution in [3.05, 3.63) is 33.9 Å². The molecule has 0 fully saturated rings. The van der Waals surface area contributed by atoms with Crippen LogP contribution in [-0.2, 0) is 16.6 Å². The van der Waals surface area contributed by atoms with Gasteiger partial charge in [0.15, 0.2) is 0 Å². The molecule has 2 aromatic rings. The van der Waals surface area contributed by atoms with E-state index < -0.39 is 10.0 Å². The topological polar surface area (TPSA) is 72.2 Å². The molecule has 2 heterocycles. The summed E-state index contributed by atoms with van der Waals surface area (Å²) < 4.78 is 31.6. The quantitative estimate of drug-likeness (QED) is 0.934. The Labute approximate surface area is 105 Å². The molecule has 0 radical (unpaired) electrons. The Balaban J connectivity index is 2.09. The molecular formula is C8H7BrN2O3S2. The van der Waals surface area contributed by atoms with Crippen LogP contribution < -0.4 is 4.72 Å². The minimum atomic E-state index is -3.46. The second-order valence-corrected chi connectivity index (χ2v) is 7.33. The fourth-order valence-electron chi connectivity index (χ4n) is 1.01. The van der Waals surface area contributed by atoms with Gasteiger partial charge in [-0.05, 0) is 28.1 Å². The Kier molecular flexibility index (Phi) is 3.43. The average Bonchev–Trinajstić information content (AvgIpc) is 2.85. The Morgan fingerprint density at radius 3 is 2.81 bits per heavy atom. The molecule has 0 aliphatic rings. The molecule has 86 valence electrons. The largest absolute Gasteiger partial charge is 0.364 e. The van der Waals surface area contributed by atoms with Crippen LogP contribution in [0.25, 0.3) is 0 Å². The number of thiophene rings is 1. The zero-order valence-electron chi connectivity index (χ0n) is 7.88. The van der Waals surface area contributed by atoms with Crippen molar-refractivity contribution in [1.82, 2.24) is 9.88 Å². The van der Waals surface area contributed by atoms with Crippen LogP contribution in [0.15, 0.2) is 37.0 Å². The van der Waals surface area contributed by atoms with E-state index in [4.69, 9.17) is 0 Å². The van der Waals surface area contributed by atoms with E-state index in [1.54, 1.807) is 18.2 Å². The first-order valence-corrected chi connectivity index (χ1v) is 7.31. The third-order valence-electron chi connectivity index (χ3n) is 1.75. The fourth-order valence-corrected chi connectivity index (χ4v) is 4.06. The summed E-state index contributed by atoms with van der Waals surface area (Å²) in [6, 6.07) is 4.84. The zero-order valence-corrected chi connectivity index (χ0v) is 11.1. The van der Waals surface area contributed by atoms with Crippen LogP contribution in [0.3, 0.4) is 0 Å². The van der Waals surface area contributed by atoms with Crippen LogP contribution in [0.2, 0.25) is 0 Å². The zero-order chi connectivity index (χ0) is 11.6. The number of nitrogens with zero attached hydrogens (tertiary/aromatic N) is 1. The van der Waals surface area contributed by atoms with E-state index in [0.717, 1.165) is 15.1 Å². The number of aromatic nitrogens is 1. The third kappa shape index (κ3) is 2.70. The summed E-state index contributed by atoms with van der Waals surface area (Å²) in [5.41, 5.74) is 0.541. The number of rotatable bonds is 4. The monoisotopic (exact) mass is 322 g/mol. The Morgan fingerprint density at radius 1 is 1.44 bits per heavy atom. The predicted molar refractivity (Wildman–Crippen MR) is 62.5 cm³/mol. The summed E-state index contributed by atoms with van der Waals surface area (Å²) in [5.74, 6) is 0. The van der Waals surface area contributed by atoms with Gasteiger partial charge >= 0.3 is 0 Å². The first-order valence-electron chi connectivity index (χ1n) is 4.22. The number of sulfonamides is 1. The highest BCUT2D eigenvalue weighted by molar-refractivity contribution is 9.11. The molecule has 2 aromatic heterocycles. The summed E-state index contributed by atoms with van der Waals surface area (Å²) in [6.45, 7) is 0.119. The van der Waals surface area contributed by atoms with E-state index in [1.165, 1.54) is 6.26 Å². The van der Waals surface area contributed by atoms with Gasteiger partial charge in [0.1, 0.15) is 10.5 Å². The van der Waals surface area contributed by atoms with Crippen molar-refractivity contribution in [3.8, 4) is 0 Å². The predicted octanol–water partition coefficient (Wildman–Crippen LogP) is 1.98. The lowest BCUT2D eigenvalue weighted by molar-refractivity contribution is 0.411. The fraction of sp³-hybridized carbons (Fsp3) is 0.125. The molecule has 0 amide bonds. The highest BCUT2D eigenvalue weighted by atomic mass is 79.9. The van der Waals surface area contributed by atoms with Gasteiger partial charge in [0.05, 0.1) is 16.0 Å². The van der Waals surface area contributed by atoms with Gasteiger partial charge in [-0.15, -0.1) is 11.3 Å². The molecule has 16 heavy (non-hydrogen) atoms. The number of hydrogen-bond donors (Lipinski definition) is 1. The van der Waals surface area contributed by atoms with Gasteiger partial charge in [-0.3, -0.25) is 0 Å². The Bertz CT molecular complexity index is 562. The molecule has 0 unspecified atom stereocenters. The SMILES string of the molecule is O=S(=O)(NCc1ccon1)c1ccc(Br)s1. The molecule has 0 aliphatic heterocycles. The van der Waals surface area contributed by atoms with Crippen molar-refractivity contribution in [2.75, 3.05) is 0 Å². The molecule has 2 rings (SSSR count). The van der Waals surface area contributed by atoms with Gasteiger partial charge < -0.3 is 4.52 Å². The first kappa shape index (κ1) is 11.8. The average molecular weight is 323 g/mol. The van der Waals surface area contributed by atoms with Crippen LogP contribution in [-0.4, -0.2) is 13.6 Å². The van der Waals surface area contributed by atoms with Crippen molar-refractivity contribution in [3.63, 3.8) is 0 Å². The van der Waals surface area contributed by atoms with Crippen LogP contribution >= 0.6 is 27.3 Å². The standard InChI is InChI=1S/C8H7BrN2O3S2/c9-7-1-2-8(15-7)16(12,13)10-5-6-3-4-14-11-6/h1-4,10H,5H2. The van der Waals surface area contributed by atoms with Gasteiger partial charge in [-0.1, -0.05) is 5.16 Å². The van der Waals surface area contributed by atoms with E-state index in [2.05, 4.69) is 30.3 Å². The van der Waals surface area contributed by atoms with E-state index in [9.17, 15) is 8.42 Å². The summed E-state index contributed by atoms with van der Waals surface area (Å²) in [7, 11) is -3.46. The lowest BCUT2D eigenvalue weighted by Gasteiger charge is -2.01. The van der Waals surface area contributed by atoms with Crippen LogP contribution in [0.5, 0.6) is 0 Å². The number of halogens is 1. The molecule has 0 aliphatic carbocycles. The molecule has 0 saturated heterocycles. The summed E-state index contributed by atoms with van der Waals surface area (Å²) in [6.07, 6.45) is 1.39. The lowest BCUT2D eigenvalue weighted by Crippen LogP contribution is -2.22. The van der Waals surface area contributed by atoms with Gasteiger partial charge in [0.25, 0.3) is 0 Å². The number of hydrogen-bond acceptors (Lipinski definition) is 5. The molecule has 0 spiro atoms. The Morgan fingerprint density at radius 2 is 2.25 bits per heavy atom. The summed E-state index contributed by atoms with van der Waals surface area (Å²) in [4.78, 5) is 0. The van der Waals surface area contributed by atoms with E-state index in [-0.39, 0.29) is 10.8 Å². The smallest absolute Gasteiger partial charge is 0.250 e. The molecule has 0 aromatic carbocycles. The van der Waals surface area contributed by atoms with Crippen molar-refractivity contribution < 1.29 is 12.9 Å². The molecule has 0 bridgehead atoms. The molecule has 5 nitrogen and oxygen atoms in total. The van der Waals surface area contributed by atoms with Gasteiger partial charge in [-0.2, -0.15) is 0 Å². The van der Waals surface area contributed by atoms with E-state index >= 15 is 0 Å². The third-order valence-corrected chi connectivity index (χ3v) is 5.26. The van der Waals surface area contributed by atoms with Crippen molar-refractivity contribution in [2.24, 2.45) is 0 Å². The van der Waals surface area contributed by atoms with Crippen LogP contribution in [0.1, 0.15) is 5.69 Å². The minimum Gasteiger partial charge on any atom is -0.364 e. The first-order chi connectivity index (χ1) is 7.58. The normalized spacial score (nSPS) is 11.8. The van der Waals surface area contributed by atoms with Gasteiger partial charge in [0, 0.05) is 6.07 Å². The lowest BCUT2D eigenvalue weighted by atomic mass is 10.5. The molecule has 1 N–H and O–H groups in total.